The lowest BCUT2D eigenvalue weighted by atomic mass is 9.75. The van der Waals surface area contributed by atoms with E-state index in [1.165, 1.54) is 38.6 Å². The van der Waals surface area contributed by atoms with Gasteiger partial charge in [0.15, 0.2) is 0 Å². The molecule has 2 N–H and O–H groups in total. The van der Waals surface area contributed by atoms with Gasteiger partial charge in [0.2, 0.25) is 0 Å². The minimum Gasteiger partial charge on any atom is -0.330 e. The van der Waals surface area contributed by atoms with Crippen LogP contribution in [0.2, 0.25) is 0 Å². The predicted molar refractivity (Wildman–Crippen MR) is 80.7 cm³/mol. The molecule has 0 radical (unpaired) electrons. The Hall–Kier alpha value is -0.0800. The van der Waals surface area contributed by atoms with E-state index in [1.807, 2.05) is 0 Å². The second-order valence-electron chi connectivity index (χ2n) is 7.73. The summed E-state index contributed by atoms with van der Waals surface area (Å²) in [5, 5.41) is 0. The molecule has 1 rings (SSSR count). The molecule has 0 atom stereocenters. The van der Waals surface area contributed by atoms with Gasteiger partial charge in [-0.15, -0.1) is 0 Å². The zero-order chi connectivity index (χ0) is 13.8. The van der Waals surface area contributed by atoms with Crippen LogP contribution in [0.3, 0.4) is 0 Å². The van der Waals surface area contributed by atoms with E-state index in [4.69, 9.17) is 5.73 Å². The molecule has 0 amide bonds. The smallest absolute Gasteiger partial charge is 0.00958 e. The number of rotatable bonds is 6. The van der Waals surface area contributed by atoms with E-state index >= 15 is 0 Å². The second kappa shape index (κ2) is 6.38. The molecular formula is C16H34N2. The molecule has 18 heavy (non-hydrogen) atoms. The Morgan fingerprint density at radius 3 is 2.22 bits per heavy atom. The van der Waals surface area contributed by atoms with Crippen LogP contribution in [0.1, 0.15) is 66.7 Å². The van der Waals surface area contributed by atoms with Crippen LogP contribution in [-0.4, -0.2) is 30.6 Å². The third-order valence-electron chi connectivity index (χ3n) is 4.52. The van der Waals surface area contributed by atoms with Crippen LogP contribution in [0.15, 0.2) is 0 Å². The van der Waals surface area contributed by atoms with Crippen molar-refractivity contribution in [2.24, 2.45) is 16.6 Å². The molecule has 108 valence electrons. The molecule has 0 heterocycles. The molecule has 0 saturated heterocycles. The van der Waals surface area contributed by atoms with Crippen molar-refractivity contribution in [2.45, 2.75) is 72.8 Å². The van der Waals surface area contributed by atoms with Gasteiger partial charge in [0.05, 0.1) is 0 Å². The van der Waals surface area contributed by atoms with Crippen molar-refractivity contribution in [1.29, 1.82) is 0 Å². The van der Waals surface area contributed by atoms with E-state index in [9.17, 15) is 0 Å². The molecule has 2 heteroatoms. The Morgan fingerprint density at radius 1 is 1.22 bits per heavy atom. The van der Waals surface area contributed by atoms with E-state index in [-0.39, 0.29) is 5.41 Å². The summed E-state index contributed by atoms with van der Waals surface area (Å²) < 4.78 is 0. The van der Waals surface area contributed by atoms with Crippen LogP contribution in [0.5, 0.6) is 0 Å². The SMILES string of the molecule is CCCN(CC(C)(C)CN)C1CCC(C)(C)CC1. The minimum atomic E-state index is 0.252. The first-order valence-electron chi connectivity index (χ1n) is 7.74. The van der Waals surface area contributed by atoms with Gasteiger partial charge in [-0.05, 0) is 56.0 Å². The van der Waals surface area contributed by atoms with Gasteiger partial charge in [-0.2, -0.15) is 0 Å². The molecule has 0 aromatic rings. The average Bonchev–Trinajstić information content (AvgIpc) is 2.28. The maximum atomic E-state index is 5.90. The summed E-state index contributed by atoms with van der Waals surface area (Å²) in [4.78, 5) is 2.71. The van der Waals surface area contributed by atoms with Crippen molar-refractivity contribution in [3.63, 3.8) is 0 Å². The Balaban J connectivity index is 2.57. The predicted octanol–water partition coefficient (Wildman–Crippen LogP) is 3.65. The van der Waals surface area contributed by atoms with Crippen molar-refractivity contribution in [3.8, 4) is 0 Å². The lowest BCUT2D eigenvalue weighted by Gasteiger charge is -2.42. The maximum absolute atomic E-state index is 5.90. The summed E-state index contributed by atoms with van der Waals surface area (Å²) in [6.07, 6.45) is 6.74. The van der Waals surface area contributed by atoms with Crippen molar-refractivity contribution < 1.29 is 0 Å². The summed E-state index contributed by atoms with van der Waals surface area (Å²) in [5.41, 5.74) is 6.72. The molecule has 0 bridgehead atoms. The van der Waals surface area contributed by atoms with Gasteiger partial charge in [0.25, 0.3) is 0 Å². The Morgan fingerprint density at radius 2 is 1.78 bits per heavy atom. The normalized spacial score (nSPS) is 21.5. The first-order valence-corrected chi connectivity index (χ1v) is 7.74. The second-order valence-corrected chi connectivity index (χ2v) is 7.73. The van der Waals surface area contributed by atoms with Crippen LogP contribution in [0.25, 0.3) is 0 Å². The number of nitrogens with two attached hydrogens (primary N) is 1. The van der Waals surface area contributed by atoms with E-state index in [2.05, 4.69) is 39.5 Å². The van der Waals surface area contributed by atoms with Crippen molar-refractivity contribution in [2.75, 3.05) is 19.6 Å². The third-order valence-corrected chi connectivity index (χ3v) is 4.52. The standard InChI is InChI=1S/C16H34N2/c1-6-11-18(13-16(4,5)12-17)14-7-9-15(2,3)10-8-14/h14H,6-13,17H2,1-5H3. The average molecular weight is 254 g/mol. The zero-order valence-corrected chi connectivity index (χ0v) is 13.3. The van der Waals surface area contributed by atoms with Crippen LogP contribution in [0.4, 0.5) is 0 Å². The third kappa shape index (κ3) is 4.89. The largest absolute Gasteiger partial charge is 0.330 e. The molecule has 0 spiro atoms. The van der Waals surface area contributed by atoms with E-state index in [0.717, 1.165) is 19.1 Å². The molecule has 0 aliphatic heterocycles. The van der Waals surface area contributed by atoms with Gasteiger partial charge in [0, 0.05) is 12.6 Å². The zero-order valence-electron chi connectivity index (χ0n) is 13.3. The van der Waals surface area contributed by atoms with E-state index in [1.54, 1.807) is 0 Å². The topological polar surface area (TPSA) is 29.3 Å². The van der Waals surface area contributed by atoms with Crippen molar-refractivity contribution in [1.82, 2.24) is 4.90 Å². The van der Waals surface area contributed by atoms with Gasteiger partial charge in [-0.25, -0.2) is 0 Å². The van der Waals surface area contributed by atoms with Crippen LogP contribution < -0.4 is 5.73 Å². The highest BCUT2D eigenvalue weighted by molar-refractivity contribution is 4.86. The Bertz CT molecular complexity index is 235. The fraction of sp³-hybridized carbons (Fsp3) is 1.00. The van der Waals surface area contributed by atoms with Crippen LogP contribution in [-0.2, 0) is 0 Å². The van der Waals surface area contributed by atoms with E-state index in [0.29, 0.717) is 5.41 Å². The summed E-state index contributed by atoms with van der Waals surface area (Å²) in [5.74, 6) is 0. The highest BCUT2D eigenvalue weighted by Crippen LogP contribution is 2.37. The molecule has 0 aromatic heterocycles. The number of nitrogens with zero attached hydrogens (tertiary/aromatic N) is 1. The molecule has 1 saturated carbocycles. The summed E-state index contributed by atoms with van der Waals surface area (Å²) >= 11 is 0. The first kappa shape index (κ1) is 16.0. The van der Waals surface area contributed by atoms with Gasteiger partial charge in [-0.1, -0.05) is 34.6 Å². The summed E-state index contributed by atoms with van der Waals surface area (Å²) in [6.45, 7) is 14.9. The first-order chi connectivity index (χ1) is 8.29. The molecule has 1 aliphatic rings. The Labute approximate surface area is 114 Å². The monoisotopic (exact) mass is 254 g/mol. The quantitative estimate of drug-likeness (QED) is 0.784. The molecule has 1 fully saturated rings. The molecule has 2 nitrogen and oxygen atoms in total. The molecule has 0 unspecified atom stereocenters. The number of hydrogen-bond acceptors (Lipinski definition) is 2. The van der Waals surface area contributed by atoms with Crippen LogP contribution >= 0.6 is 0 Å². The fourth-order valence-corrected chi connectivity index (χ4v) is 3.04. The lowest BCUT2D eigenvalue weighted by molar-refractivity contribution is 0.0760. The minimum absolute atomic E-state index is 0.252. The Kier molecular flexibility index (Phi) is 5.67. The highest BCUT2D eigenvalue weighted by Gasteiger charge is 2.31. The van der Waals surface area contributed by atoms with Gasteiger partial charge >= 0.3 is 0 Å². The number of hydrogen-bond donors (Lipinski definition) is 1. The lowest BCUT2D eigenvalue weighted by Crippen LogP contribution is -2.46. The molecular weight excluding hydrogens is 220 g/mol. The van der Waals surface area contributed by atoms with Gasteiger partial charge < -0.3 is 5.73 Å². The van der Waals surface area contributed by atoms with Gasteiger partial charge in [0.1, 0.15) is 0 Å². The molecule has 0 aromatic carbocycles. The summed E-state index contributed by atoms with van der Waals surface area (Å²) in [7, 11) is 0. The van der Waals surface area contributed by atoms with Crippen molar-refractivity contribution in [3.05, 3.63) is 0 Å². The molecule has 1 aliphatic carbocycles. The van der Waals surface area contributed by atoms with Crippen LogP contribution in [0, 0.1) is 10.8 Å². The van der Waals surface area contributed by atoms with Gasteiger partial charge in [-0.3, -0.25) is 4.90 Å². The summed E-state index contributed by atoms with van der Waals surface area (Å²) in [6, 6.07) is 0.795. The van der Waals surface area contributed by atoms with E-state index < -0.39 is 0 Å². The highest BCUT2D eigenvalue weighted by atomic mass is 15.2. The van der Waals surface area contributed by atoms with Crippen molar-refractivity contribution >= 4 is 0 Å². The maximum Gasteiger partial charge on any atom is 0.00958 e. The fourth-order valence-electron chi connectivity index (χ4n) is 3.04.